The molecule has 42 heavy (non-hydrogen) atoms. The summed E-state index contributed by atoms with van der Waals surface area (Å²) >= 11 is 0. The molecule has 1 spiro atoms. The van der Waals surface area contributed by atoms with E-state index in [0.29, 0.717) is 25.2 Å². The summed E-state index contributed by atoms with van der Waals surface area (Å²) in [5.41, 5.74) is 2.01. The van der Waals surface area contributed by atoms with Gasteiger partial charge in [-0.3, -0.25) is 9.59 Å². The van der Waals surface area contributed by atoms with Crippen molar-refractivity contribution in [3.8, 4) is 0 Å². The van der Waals surface area contributed by atoms with E-state index in [0.717, 1.165) is 55.7 Å². The van der Waals surface area contributed by atoms with Crippen LogP contribution in [0.2, 0.25) is 0 Å². The fraction of sp³-hybridized carbons (Fsp3) is 0.400. The van der Waals surface area contributed by atoms with Crippen LogP contribution in [0.1, 0.15) is 72.7 Å². The van der Waals surface area contributed by atoms with E-state index >= 15 is 0 Å². The fourth-order valence-electron chi connectivity index (χ4n) is 6.05. The summed E-state index contributed by atoms with van der Waals surface area (Å²) in [4.78, 5) is 45.9. The van der Waals surface area contributed by atoms with Gasteiger partial charge in [0.05, 0.1) is 12.2 Å². The molecule has 5 rings (SSSR count). The number of likely N-dealkylation sites (tertiary alicyclic amines) is 1. The van der Waals surface area contributed by atoms with Crippen molar-refractivity contribution in [2.75, 3.05) is 31.2 Å². The summed E-state index contributed by atoms with van der Waals surface area (Å²) in [5, 5.41) is 0. The number of carbonyl (C=O) groups excluding carboxylic acids is 3. The van der Waals surface area contributed by atoms with Gasteiger partial charge in [-0.2, -0.15) is 0 Å². The normalized spacial score (nSPS) is 17.1. The van der Waals surface area contributed by atoms with Gasteiger partial charge in [-0.15, -0.1) is 0 Å². The molecule has 0 bridgehead atoms. The third kappa shape index (κ3) is 6.73. The molecule has 3 aromatic rings. The number of nitrogens with zero attached hydrogens (tertiary/aromatic N) is 3. The molecule has 0 unspecified atom stereocenters. The first-order valence-corrected chi connectivity index (χ1v) is 14.9. The zero-order chi connectivity index (χ0) is 29.7. The van der Waals surface area contributed by atoms with Crippen molar-refractivity contribution in [2.24, 2.45) is 0 Å². The van der Waals surface area contributed by atoms with Crippen molar-refractivity contribution in [2.45, 2.75) is 64.1 Å². The summed E-state index contributed by atoms with van der Waals surface area (Å²) < 4.78 is 5.56. The van der Waals surface area contributed by atoms with Gasteiger partial charge in [-0.25, -0.2) is 4.79 Å². The number of esters is 1. The number of carbonyl (C=O) groups is 3. The van der Waals surface area contributed by atoms with Crippen LogP contribution in [0.5, 0.6) is 0 Å². The average molecular weight is 568 g/mol. The molecule has 3 aromatic carbocycles. The molecule has 7 nitrogen and oxygen atoms in total. The number of piperidine rings is 1. The van der Waals surface area contributed by atoms with Crippen LogP contribution in [0.3, 0.4) is 0 Å². The van der Waals surface area contributed by atoms with Crippen LogP contribution in [0.15, 0.2) is 84.9 Å². The molecule has 2 saturated heterocycles. The predicted octanol–water partition coefficient (Wildman–Crippen LogP) is 5.95. The fourth-order valence-corrected chi connectivity index (χ4v) is 6.05. The van der Waals surface area contributed by atoms with Crippen molar-refractivity contribution in [3.05, 3.63) is 102 Å². The number of ether oxygens (including phenoxy) is 1. The van der Waals surface area contributed by atoms with Crippen molar-refractivity contribution < 1.29 is 19.1 Å². The van der Waals surface area contributed by atoms with Crippen molar-refractivity contribution in [3.63, 3.8) is 0 Å². The van der Waals surface area contributed by atoms with Gasteiger partial charge in [-0.05, 0) is 76.4 Å². The van der Waals surface area contributed by atoms with Crippen LogP contribution < -0.4 is 4.90 Å². The van der Waals surface area contributed by atoms with Gasteiger partial charge < -0.3 is 19.4 Å². The first-order valence-electron chi connectivity index (χ1n) is 14.9. The molecule has 0 atom stereocenters. The van der Waals surface area contributed by atoms with Gasteiger partial charge in [0.2, 0.25) is 5.91 Å². The number of benzene rings is 3. The van der Waals surface area contributed by atoms with Gasteiger partial charge in [0.15, 0.2) is 5.78 Å². The molecular weight excluding hydrogens is 526 g/mol. The highest BCUT2D eigenvalue weighted by molar-refractivity contribution is 5.96. The highest BCUT2D eigenvalue weighted by Gasteiger charge is 2.53. The second-order valence-corrected chi connectivity index (χ2v) is 12.4. The van der Waals surface area contributed by atoms with Gasteiger partial charge in [0.25, 0.3) is 0 Å². The minimum Gasteiger partial charge on any atom is -0.456 e. The van der Waals surface area contributed by atoms with Crippen molar-refractivity contribution in [1.82, 2.24) is 9.80 Å². The van der Waals surface area contributed by atoms with E-state index in [9.17, 15) is 14.4 Å². The van der Waals surface area contributed by atoms with E-state index in [-0.39, 0.29) is 17.7 Å². The van der Waals surface area contributed by atoms with Gasteiger partial charge >= 0.3 is 5.97 Å². The molecule has 0 aromatic heterocycles. The number of amides is 1. The Hall–Kier alpha value is -3.97. The minimum absolute atomic E-state index is 0.132. The summed E-state index contributed by atoms with van der Waals surface area (Å²) in [6.07, 6.45) is 2.78. The van der Waals surface area contributed by atoms with Crippen LogP contribution >= 0.6 is 0 Å². The lowest BCUT2D eigenvalue weighted by Crippen LogP contribution is -2.56. The summed E-state index contributed by atoms with van der Waals surface area (Å²) in [6, 6.07) is 27.0. The molecule has 2 fully saturated rings. The monoisotopic (exact) mass is 567 g/mol. The highest BCUT2D eigenvalue weighted by Crippen LogP contribution is 2.40. The number of hydrogen-bond donors (Lipinski definition) is 0. The lowest BCUT2D eigenvalue weighted by Gasteiger charge is -2.43. The highest BCUT2D eigenvalue weighted by atomic mass is 16.6. The number of anilines is 1. The van der Waals surface area contributed by atoms with Crippen molar-refractivity contribution in [1.29, 1.82) is 0 Å². The number of para-hydroxylation sites is 1. The molecule has 7 heteroatoms. The smallest absolute Gasteiger partial charge is 0.338 e. The van der Waals surface area contributed by atoms with Gasteiger partial charge in [-0.1, -0.05) is 60.7 Å². The predicted molar refractivity (Wildman–Crippen MR) is 164 cm³/mol. The Balaban J connectivity index is 1.26. The molecule has 0 radical (unpaired) electrons. The van der Waals surface area contributed by atoms with Crippen LogP contribution in [-0.2, 0) is 16.1 Å². The number of ketones is 1. The maximum atomic E-state index is 14.2. The largest absolute Gasteiger partial charge is 0.456 e. The van der Waals surface area contributed by atoms with Crippen LogP contribution in [-0.4, -0.2) is 64.9 Å². The maximum Gasteiger partial charge on any atom is 0.338 e. The SMILES string of the molecule is CC(C)(C)OC(=O)c1cccc(CN2CN(c3ccccc3)C3(CCN(CCCC(=O)c4ccccc4)CC3)C2=O)c1. The van der Waals surface area contributed by atoms with E-state index in [4.69, 9.17) is 4.74 Å². The molecule has 0 N–H and O–H groups in total. The van der Waals surface area contributed by atoms with Crippen LogP contribution in [0.4, 0.5) is 5.69 Å². The second-order valence-electron chi connectivity index (χ2n) is 12.4. The molecule has 220 valence electrons. The zero-order valence-electron chi connectivity index (χ0n) is 24.9. The van der Waals surface area contributed by atoms with Gasteiger partial charge in [0, 0.05) is 37.3 Å². The first-order chi connectivity index (χ1) is 20.1. The molecule has 1 amide bonds. The number of hydrogen-bond acceptors (Lipinski definition) is 6. The quantitative estimate of drug-likeness (QED) is 0.235. The lowest BCUT2D eigenvalue weighted by atomic mass is 9.85. The Labute approximate surface area is 249 Å². The van der Waals surface area contributed by atoms with E-state index in [2.05, 4.69) is 21.9 Å². The topological polar surface area (TPSA) is 70.2 Å². The Morgan fingerprint density at radius 3 is 2.17 bits per heavy atom. The van der Waals surface area contributed by atoms with Crippen molar-refractivity contribution >= 4 is 23.3 Å². The van der Waals surface area contributed by atoms with E-state index in [1.165, 1.54) is 0 Å². The average Bonchev–Trinajstić information content (AvgIpc) is 3.24. The minimum atomic E-state index is -0.611. The Morgan fingerprint density at radius 2 is 1.50 bits per heavy atom. The lowest BCUT2D eigenvalue weighted by molar-refractivity contribution is -0.134. The second kappa shape index (κ2) is 12.5. The standard InChI is InChI=1S/C35H41N3O4/c1-34(2,3)42-32(40)29-15-10-12-27(24-29)25-37-26-38(30-16-8-5-9-17-30)35(33(37)41)19-22-36(23-20-35)21-11-18-31(39)28-13-6-4-7-14-28/h4-10,12-17,24H,11,18-23,25-26H2,1-3H3. The van der Waals surface area contributed by atoms with Gasteiger partial charge in [0.1, 0.15) is 11.1 Å². The van der Waals surface area contributed by atoms with Crippen LogP contribution in [0.25, 0.3) is 0 Å². The maximum absolute atomic E-state index is 14.2. The first kappa shape index (κ1) is 29.5. The molecular formula is C35H41N3O4. The summed E-state index contributed by atoms with van der Waals surface area (Å²) in [5.74, 6) is -0.0538. The molecule has 0 aliphatic carbocycles. The number of rotatable bonds is 9. The Bertz CT molecular complexity index is 1390. The molecule has 0 saturated carbocycles. The third-order valence-electron chi connectivity index (χ3n) is 8.17. The Kier molecular flexibility index (Phi) is 8.78. The number of Topliss-reactive ketones (excluding diaryl/α,β-unsaturated/α-hetero) is 1. The van der Waals surface area contributed by atoms with E-state index in [1.807, 2.05) is 92.4 Å². The third-order valence-corrected chi connectivity index (χ3v) is 8.17. The van der Waals surface area contributed by atoms with E-state index < -0.39 is 11.1 Å². The molecule has 2 aliphatic heterocycles. The molecule has 2 heterocycles. The zero-order valence-corrected chi connectivity index (χ0v) is 24.9. The van der Waals surface area contributed by atoms with Crippen LogP contribution in [0, 0.1) is 0 Å². The van der Waals surface area contributed by atoms with E-state index in [1.54, 1.807) is 6.07 Å². The summed E-state index contributed by atoms with van der Waals surface area (Å²) in [7, 11) is 0. The molecule has 2 aliphatic rings. The summed E-state index contributed by atoms with van der Waals surface area (Å²) in [6.45, 7) is 8.92. The Morgan fingerprint density at radius 1 is 0.857 bits per heavy atom.